The summed E-state index contributed by atoms with van der Waals surface area (Å²) in [5.74, 6) is -0.182. The summed E-state index contributed by atoms with van der Waals surface area (Å²) < 4.78 is 12.7. The first-order valence-corrected chi connectivity index (χ1v) is 7.66. The van der Waals surface area contributed by atoms with Crippen molar-refractivity contribution in [2.24, 2.45) is 5.92 Å². The minimum atomic E-state index is -0.357. The molecule has 2 rings (SSSR count). The van der Waals surface area contributed by atoms with Gasteiger partial charge in [-0.15, -0.1) is 12.4 Å². The highest BCUT2D eigenvalue weighted by Crippen LogP contribution is 2.17. The third kappa shape index (κ3) is 7.43. The van der Waals surface area contributed by atoms with Crippen molar-refractivity contribution in [3.05, 3.63) is 30.1 Å². The monoisotopic (exact) mass is 343 g/mol. The third-order valence-electron chi connectivity index (χ3n) is 3.81. The van der Waals surface area contributed by atoms with Crippen LogP contribution in [0.25, 0.3) is 0 Å². The fraction of sp³-hybridized carbons (Fsp3) is 0.500. The molecule has 1 aromatic carbocycles. The minimum Gasteiger partial charge on any atom is -0.347 e. The Morgan fingerprint density at radius 1 is 1.13 bits per heavy atom. The number of hydrogen-bond acceptors (Lipinski definition) is 3. The van der Waals surface area contributed by atoms with E-state index in [0.29, 0.717) is 18.0 Å². The number of amides is 2. The maximum atomic E-state index is 12.7. The van der Waals surface area contributed by atoms with Crippen LogP contribution >= 0.6 is 12.4 Å². The van der Waals surface area contributed by atoms with Crippen molar-refractivity contribution in [3.63, 3.8) is 0 Å². The van der Waals surface area contributed by atoms with E-state index in [9.17, 15) is 14.0 Å². The lowest BCUT2D eigenvalue weighted by Crippen LogP contribution is -2.33. The fourth-order valence-electron chi connectivity index (χ4n) is 2.51. The highest BCUT2D eigenvalue weighted by molar-refractivity contribution is 5.94. The lowest BCUT2D eigenvalue weighted by atomic mass is 9.93. The van der Waals surface area contributed by atoms with Crippen molar-refractivity contribution in [1.29, 1.82) is 0 Å². The molecule has 128 valence electrons. The molecule has 1 fully saturated rings. The number of piperidine rings is 1. The SMILES string of the molecule is Cl.O=C(CCC1CCNCC1)NCC(=O)Nc1ccc(F)cc1. The summed E-state index contributed by atoms with van der Waals surface area (Å²) in [6.07, 6.45) is 3.54. The number of carbonyl (C=O) groups excluding carboxylic acids is 2. The van der Waals surface area contributed by atoms with Crippen LogP contribution in [0.15, 0.2) is 24.3 Å². The van der Waals surface area contributed by atoms with Crippen LogP contribution in [0.1, 0.15) is 25.7 Å². The number of anilines is 1. The average Bonchev–Trinajstić information content (AvgIpc) is 2.54. The van der Waals surface area contributed by atoms with Gasteiger partial charge in [0.15, 0.2) is 0 Å². The second kappa shape index (κ2) is 10.2. The lowest BCUT2D eigenvalue weighted by molar-refractivity contribution is -0.124. The quantitative estimate of drug-likeness (QED) is 0.740. The van der Waals surface area contributed by atoms with Gasteiger partial charge in [-0.1, -0.05) is 0 Å². The Kier molecular flexibility index (Phi) is 8.58. The predicted molar refractivity (Wildman–Crippen MR) is 90.1 cm³/mol. The Bertz CT molecular complexity index is 505. The molecule has 23 heavy (non-hydrogen) atoms. The standard InChI is InChI=1S/C16H22FN3O2.ClH/c17-13-2-4-14(5-3-13)20-16(22)11-19-15(21)6-1-12-7-9-18-10-8-12;/h2-5,12,18H,1,6-11H2,(H,19,21)(H,20,22);1H. The Morgan fingerprint density at radius 2 is 1.78 bits per heavy atom. The molecule has 1 aliphatic rings. The molecule has 0 aromatic heterocycles. The molecule has 2 amide bonds. The van der Waals surface area contributed by atoms with Crippen LogP contribution < -0.4 is 16.0 Å². The van der Waals surface area contributed by atoms with E-state index >= 15 is 0 Å². The maximum Gasteiger partial charge on any atom is 0.243 e. The van der Waals surface area contributed by atoms with E-state index in [1.54, 1.807) is 0 Å². The van der Waals surface area contributed by atoms with E-state index in [2.05, 4.69) is 16.0 Å². The minimum absolute atomic E-state index is 0. The van der Waals surface area contributed by atoms with Gasteiger partial charge in [0.25, 0.3) is 0 Å². The van der Waals surface area contributed by atoms with Gasteiger partial charge in [0, 0.05) is 12.1 Å². The molecule has 0 aliphatic carbocycles. The zero-order chi connectivity index (χ0) is 15.8. The van der Waals surface area contributed by atoms with Gasteiger partial charge in [0.05, 0.1) is 6.54 Å². The molecule has 0 spiro atoms. The van der Waals surface area contributed by atoms with Gasteiger partial charge < -0.3 is 16.0 Å². The second-order valence-electron chi connectivity index (χ2n) is 5.56. The zero-order valence-electron chi connectivity index (χ0n) is 12.9. The molecule has 0 bridgehead atoms. The maximum absolute atomic E-state index is 12.7. The van der Waals surface area contributed by atoms with Crippen LogP contribution in [0.5, 0.6) is 0 Å². The largest absolute Gasteiger partial charge is 0.347 e. The molecule has 7 heteroatoms. The molecule has 1 saturated heterocycles. The summed E-state index contributed by atoms with van der Waals surface area (Å²) in [5.41, 5.74) is 0.510. The van der Waals surface area contributed by atoms with E-state index in [0.717, 1.165) is 32.4 Å². The molecule has 0 atom stereocenters. The Balaban J connectivity index is 0.00000264. The zero-order valence-corrected chi connectivity index (χ0v) is 13.8. The van der Waals surface area contributed by atoms with Crippen molar-refractivity contribution in [1.82, 2.24) is 10.6 Å². The first-order chi connectivity index (χ1) is 10.6. The van der Waals surface area contributed by atoms with Crippen molar-refractivity contribution < 1.29 is 14.0 Å². The van der Waals surface area contributed by atoms with Crippen LogP contribution in [-0.4, -0.2) is 31.4 Å². The van der Waals surface area contributed by atoms with Crippen molar-refractivity contribution in [2.75, 3.05) is 25.0 Å². The summed E-state index contributed by atoms with van der Waals surface area (Å²) in [4.78, 5) is 23.4. The van der Waals surface area contributed by atoms with E-state index in [-0.39, 0.29) is 36.6 Å². The molecule has 1 heterocycles. The summed E-state index contributed by atoms with van der Waals surface area (Å²) in [6.45, 7) is 1.97. The number of halogens is 2. The normalized spacial score (nSPS) is 14.7. The second-order valence-corrected chi connectivity index (χ2v) is 5.56. The van der Waals surface area contributed by atoms with Gasteiger partial charge in [-0.05, 0) is 62.5 Å². The van der Waals surface area contributed by atoms with Crippen LogP contribution in [0, 0.1) is 11.7 Å². The summed E-state index contributed by atoms with van der Waals surface area (Å²) in [7, 11) is 0. The van der Waals surface area contributed by atoms with E-state index < -0.39 is 0 Å². The van der Waals surface area contributed by atoms with Gasteiger partial charge >= 0.3 is 0 Å². The topological polar surface area (TPSA) is 70.2 Å². The Labute approximate surface area is 141 Å². The van der Waals surface area contributed by atoms with Gasteiger partial charge in [0.2, 0.25) is 11.8 Å². The summed E-state index contributed by atoms with van der Waals surface area (Å²) in [5, 5.41) is 8.51. The van der Waals surface area contributed by atoms with Crippen molar-refractivity contribution in [3.8, 4) is 0 Å². The number of hydrogen-bond donors (Lipinski definition) is 3. The number of benzene rings is 1. The molecular weight excluding hydrogens is 321 g/mol. The molecule has 5 nitrogen and oxygen atoms in total. The van der Waals surface area contributed by atoms with Crippen LogP contribution in [0.3, 0.4) is 0 Å². The number of nitrogens with one attached hydrogen (secondary N) is 3. The molecule has 0 radical (unpaired) electrons. The lowest BCUT2D eigenvalue weighted by Gasteiger charge is -2.22. The highest BCUT2D eigenvalue weighted by Gasteiger charge is 2.14. The molecule has 1 aliphatic heterocycles. The Hall–Kier alpha value is -1.66. The molecule has 3 N–H and O–H groups in total. The summed E-state index contributed by atoms with van der Waals surface area (Å²) in [6, 6.07) is 5.50. The highest BCUT2D eigenvalue weighted by atomic mass is 35.5. The number of carbonyl (C=O) groups is 2. The third-order valence-corrected chi connectivity index (χ3v) is 3.81. The molecule has 1 aromatic rings. The van der Waals surface area contributed by atoms with E-state index in [1.165, 1.54) is 24.3 Å². The van der Waals surface area contributed by atoms with Crippen LogP contribution in [0.2, 0.25) is 0 Å². The summed E-state index contributed by atoms with van der Waals surface area (Å²) >= 11 is 0. The first kappa shape index (κ1) is 19.4. The van der Waals surface area contributed by atoms with Gasteiger partial charge in [-0.25, -0.2) is 4.39 Å². The van der Waals surface area contributed by atoms with Gasteiger partial charge in [0.1, 0.15) is 5.82 Å². The Morgan fingerprint density at radius 3 is 2.43 bits per heavy atom. The van der Waals surface area contributed by atoms with Crippen LogP contribution in [-0.2, 0) is 9.59 Å². The number of rotatable bonds is 6. The van der Waals surface area contributed by atoms with Crippen molar-refractivity contribution >= 4 is 29.9 Å². The van der Waals surface area contributed by atoms with Gasteiger partial charge in [-0.2, -0.15) is 0 Å². The molecule has 0 saturated carbocycles. The first-order valence-electron chi connectivity index (χ1n) is 7.66. The van der Waals surface area contributed by atoms with E-state index in [1.807, 2.05) is 0 Å². The smallest absolute Gasteiger partial charge is 0.243 e. The molecule has 0 unspecified atom stereocenters. The predicted octanol–water partition coefficient (Wildman–Crippen LogP) is 2.08. The van der Waals surface area contributed by atoms with E-state index in [4.69, 9.17) is 0 Å². The van der Waals surface area contributed by atoms with Crippen molar-refractivity contribution in [2.45, 2.75) is 25.7 Å². The molecular formula is C16H23ClFN3O2. The fourth-order valence-corrected chi connectivity index (χ4v) is 2.51. The average molecular weight is 344 g/mol. The van der Waals surface area contributed by atoms with Crippen LogP contribution in [0.4, 0.5) is 10.1 Å². The van der Waals surface area contributed by atoms with Gasteiger partial charge in [-0.3, -0.25) is 9.59 Å².